The van der Waals surface area contributed by atoms with E-state index in [-0.39, 0.29) is 23.7 Å². The van der Waals surface area contributed by atoms with Gasteiger partial charge in [-0.25, -0.2) is 4.98 Å². The van der Waals surface area contributed by atoms with Crippen LogP contribution >= 0.6 is 11.3 Å². The molecule has 1 aromatic heterocycles. The second kappa shape index (κ2) is 6.24. The van der Waals surface area contributed by atoms with Crippen molar-refractivity contribution >= 4 is 17.2 Å². The molecule has 0 spiro atoms. The molecular weight excluding hydrogens is 286 g/mol. The number of nitrogens with zero attached hydrogens (tertiary/aromatic N) is 2. The van der Waals surface area contributed by atoms with Gasteiger partial charge in [0.15, 0.2) is 0 Å². The topological polar surface area (TPSA) is 79.5 Å². The van der Waals surface area contributed by atoms with E-state index in [9.17, 15) is 9.90 Å². The molecule has 112 valence electrons. The Labute approximate surface area is 128 Å². The van der Waals surface area contributed by atoms with Gasteiger partial charge in [-0.1, -0.05) is 18.2 Å². The zero-order chi connectivity index (χ0) is 15.6. The molecule has 0 bridgehead atoms. The van der Waals surface area contributed by atoms with Crippen molar-refractivity contribution in [2.45, 2.75) is 25.9 Å². The molecule has 5 nitrogen and oxygen atoms in total. The van der Waals surface area contributed by atoms with Gasteiger partial charge >= 0.3 is 0 Å². The summed E-state index contributed by atoms with van der Waals surface area (Å²) in [6.07, 6.45) is 0. The quantitative estimate of drug-likeness (QED) is 0.910. The second-order valence-corrected chi connectivity index (χ2v) is 5.90. The van der Waals surface area contributed by atoms with Crippen LogP contribution < -0.4 is 5.73 Å². The lowest BCUT2D eigenvalue weighted by atomic mass is 10.1. The molecule has 0 saturated carbocycles. The zero-order valence-electron chi connectivity index (χ0n) is 12.3. The lowest BCUT2D eigenvalue weighted by Crippen LogP contribution is -2.30. The number of benzene rings is 1. The van der Waals surface area contributed by atoms with Gasteiger partial charge in [0.1, 0.15) is 16.5 Å². The monoisotopic (exact) mass is 305 g/mol. The molecule has 3 N–H and O–H groups in total. The normalized spacial score (nSPS) is 13.7. The molecule has 21 heavy (non-hydrogen) atoms. The Bertz CT molecular complexity index is 639. The summed E-state index contributed by atoms with van der Waals surface area (Å²) in [6, 6.07) is 6.57. The maximum Gasteiger partial charge on any atom is 0.273 e. The number of amides is 1. The van der Waals surface area contributed by atoms with E-state index in [1.165, 1.54) is 11.3 Å². The fourth-order valence-corrected chi connectivity index (χ4v) is 2.75. The van der Waals surface area contributed by atoms with Gasteiger partial charge in [0.05, 0.1) is 12.1 Å². The van der Waals surface area contributed by atoms with E-state index in [4.69, 9.17) is 5.73 Å². The summed E-state index contributed by atoms with van der Waals surface area (Å²) in [5.74, 6) is -0.00639. The number of phenols is 1. The summed E-state index contributed by atoms with van der Waals surface area (Å²) in [7, 11) is 1.70. The molecule has 0 radical (unpaired) electrons. The number of para-hydroxylation sites is 1. The van der Waals surface area contributed by atoms with Crippen molar-refractivity contribution in [2.75, 3.05) is 7.05 Å². The number of carbonyl (C=O) groups is 1. The first-order valence-corrected chi connectivity index (χ1v) is 7.55. The van der Waals surface area contributed by atoms with Gasteiger partial charge in [-0.2, -0.15) is 0 Å². The number of hydrogen-bond donors (Lipinski definition) is 2. The molecule has 6 heteroatoms. The van der Waals surface area contributed by atoms with Gasteiger partial charge in [-0.05, 0) is 19.9 Å². The number of aromatic nitrogens is 1. The highest BCUT2D eigenvalue weighted by Gasteiger charge is 2.23. The Hall–Kier alpha value is -1.92. The smallest absolute Gasteiger partial charge is 0.273 e. The van der Waals surface area contributed by atoms with E-state index in [1.807, 2.05) is 19.9 Å². The van der Waals surface area contributed by atoms with Crippen molar-refractivity contribution in [1.82, 2.24) is 9.88 Å². The van der Waals surface area contributed by atoms with E-state index >= 15 is 0 Å². The largest absolute Gasteiger partial charge is 0.508 e. The predicted octanol–water partition coefficient (Wildman–Crippen LogP) is 2.70. The lowest BCUT2D eigenvalue weighted by molar-refractivity contribution is 0.0736. The van der Waals surface area contributed by atoms with Gasteiger partial charge in [0.2, 0.25) is 0 Å². The fourth-order valence-electron chi connectivity index (χ4n) is 2.00. The summed E-state index contributed by atoms with van der Waals surface area (Å²) in [5, 5.41) is 12.3. The summed E-state index contributed by atoms with van der Waals surface area (Å²) >= 11 is 1.38. The van der Waals surface area contributed by atoms with Crippen molar-refractivity contribution in [3.8, 4) is 5.75 Å². The Morgan fingerprint density at radius 2 is 2.05 bits per heavy atom. The molecule has 2 atom stereocenters. The first-order valence-electron chi connectivity index (χ1n) is 6.68. The fraction of sp³-hybridized carbons (Fsp3) is 0.333. The van der Waals surface area contributed by atoms with Gasteiger partial charge in [-0.3, -0.25) is 4.79 Å². The molecule has 0 aliphatic rings. The van der Waals surface area contributed by atoms with Crippen LogP contribution in [0.3, 0.4) is 0 Å². The summed E-state index contributed by atoms with van der Waals surface area (Å²) in [6.45, 7) is 3.70. The number of nitrogens with two attached hydrogens (primary N) is 1. The van der Waals surface area contributed by atoms with E-state index in [0.717, 1.165) is 5.01 Å². The highest BCUT2D eigenvalue weighted by atomic mass is 32.1. The predicted molar refractivity (Wildman–Crippen MR) is 83.3 cm³/mol. The van der Waals surface area contributed by atoms with Crippen LogP contribution in [0.5, 0.6) is 5.75 Å². The summed E-state index contributed by atoms with van der Waals surface area (Å²) in [5.41, 5.74) is 6.85. The van der Waals surface area contributed by atoms with Crippen molar-refractivity contribution in [1.29, 1.82) is 0 Å². The Balaban J connectivity index is 2.20. The average Bonchev–Trinajstić information content (AvgIpc) is 2.95. The van der Waals surface area contributed by atoms with E-state index in [2.05, 4.69) is 4.98 Å². The van der Waals surface area contributed by atoms with Crippen LogP contribution in [0, 0.1) is 0 Å². The number of thiazole rings is 1. The molecule has 1 heterocycles. The van der Waals surface area contributed by atoms with Crippen LogP contribution in [0.25, 0.3) is 0 Å². The van der Waals surface area contributed by atoms with Crippen molar-refractivity contribution in [2.24, 2.45) is 5.73 Å². The van der Waals surface area contributed by atoms with Gasteiger partial charge in [-0.15, -0.1) is 11.3 Å². The van der Waals surface area contributed by atoms with Gasteiger partial charge in [0.25, 0.3) is 5.91 Å². The molecule has 0 saturated heterocycles. The Morgan fingerprint density at radius 1 is 1.38 bits per heavy atom. The molecule has 2 aromatic rings. The highest BCUT2D eigenvalue weighted by Crippen LogP contribution is 2.28. The van der Waals surface area contributed by atoms with E-state index < -0.39 is 0 Å². The van der Waals surface area contributed by atoms with Crippen LogP contribution in [0.15, 0.2) is 29.6 Å². The molecule has 1 amide bonds. The number of rotatable bonds is 4. The molecular formula is C15H19N3O2S. The first-order chi connectivity index (χ1) is 9.91. The van der Waals surface area contributed by atoms with Crippen LogP contribution in [0.2, 0.25) is 0 Å². The maximum absolute atomic E-state index is 12.5. The molecule has 0 aliphatic carbocycles. The number of aromatic hydroxyl groups is 1. The second-order valence-electron chi connectivity index (χ2n) is 5.01. The average molecular weight is 305 g/mol. The Kier molecular flexibility index (Phi) is 4.59. The van der Waals surface area contributed by atoms with Gasteiger partial charge in [0, 0.05) is 18.0 Å². The van der Waals surface area contributed by atoms with E-state index in [1.54, 1.807) is 35.5 Å². The third-order valence-electron chi connectivity index (χ3n) is 3.42. The van der Waals surface area contributed by atoms with E-state index in [0.29, 0.717) is 11.3 Å². The molecule has 0 fully saturated rings. The standard InChI is InChI=1S/C15H19N3O2S/c1-9(16)14-17-12(8-21-14)15(20)18(3)10(2)11-6-4-5-7-13(11)19/h4-10,19H,16H2,1-3H3. The van der Waals surface area contributed by atoms with Crippen molar-refractivity contribution in [3.63, 3.8) is 0 Å². The lowest BCUT2D eigenvalue weighted by Gasteiger charge is -2.25. The minimum atomic E-state index is -0.251. The summed E-state index contributed by atoms with van der Waals surface area (Å²) < 4.78 is 0. The molecule has 0 aliphatic heterocycles. The minimum absolute atomic E-state index is 0.180. The molecule has 2 rings (SSSR count). The number of hydrogen-bond acceptors (Lipinski definition) is 5. The third-order valence-corrected chi connectivity index (χ3v) is 4.46. The minimum Gasteiger partial charge on any atom is -0.508 e. The highest BCUT2D eigenvalue weighted by molar-refractivity contribution is 7.09. The van der Waals surface area contributed by atoms with Crippen LogP contribution in [-0.2, 0) is 0 Å². The Morgan fingerprint density at radius 3 is 2.62 bits per heavy atom. The third kappa shape index (κ3) is 3.22. The van der Waals surface area contributed by atoms with Crippen LogP contribution in [0.4, 0.5) is 0 Å². The molecule has 1 aromatic carbocycles. The number of carbonyl (C=O) groups excluding carboxylic acids is 1. The summed E-state index contributed by atoms with van der Waals surface area (Å²) in [4.78, 5) is 18.3. The molecule has 2 unspecified atom stereocenters. The van der Waals surface area contributed by atoms with Crippen molar-refractivity contribution < 1.29 is 9.90 Å². The van der Waals surface area contributed by atoms with Crippen LogP contribution in [-0.4, -0.2) is 27.9 Å². The van der Waals surface area contributed by atoms with Gasteiger partial charge < -0.3 is 15.7 Å². The number of phenolic OH excluding ortho intramolecular Hbond substituents is 1. The maximum atomic E-state index is 12.5. The van der Waals surface area contributed by atoms with Crippen LogP contribution in [0.1, 0.15) is 47.0 Å². The van der Waals surface area contributed by atoms with Crippen molar-refractivity contribution in [3.05, 3.63) is 45.9 Å². The zero-order valence-corrected chi connectivity index (χ0v) is 13.1. The SMILES string of the molecule is CC(N)c1nc(C(=O)N(C)C(C)c2ccccc2O)cs1. The first kappa shape index (κ1) is 15.5.